The third-order valence-corrected chi connectivity index (χ3v) is 4.19. The predicted octanol–water partition coefficient (Wildman–Crippen LogP) is 5.47. The summed E-state index contributed by atoms with van der Waals surface area (Å²) >= 11 is 3.56. The zero-order valence-corrected chi connectivity index (χ0v) is 13.2. The Labute approximate surface area is 136 Å². The lowest BCUT2D eigenvalue weighted by Crippen LogP contribution is -1.95. The Morgan fingerprint density at radius 2 is 1.68 bits per heavy atom. The summed E-state index contributed by atoms with van der Waals surface area (Å²) in [5, 5.41) is 11.3. The molecule has 3 rings (SSSR count). The zero-order valence-electron chi connectivity index (χ0n) is 11.7. The normalized spacial score (nSPS) is 11.1. The Hall–Kier alpha value is -2.39. The van der Waals surface area contributed by atoms with Crippen LogP contribution in [-0.2, 0) is 0 Å². The summed E-state index contributed by atoms with van der Waals surface area (Å²) in [5.74, 6) is -0.913. The van der Waals surface area contributed by atoms with Crippen molar-refractivity contribution in [2.45, 2.75) is 0 Å². The highest BCUT2D eigenvalue weighted by Crippen LogP contribution is 2.28. The van der Waals surface area contributed by atoms with E-state index in [9.17, 15) is 4.79 Å². The number of aromatic carboxylic acids is 1. The third-order valence-electron chi connectivity index (χ3n) is 3.49. The van der Waals surface area contributed by atoms with Crippen molar-refractivity contribution in [1.82, 2.24) is 0 Å². The van der Waals surface area contributed by atoms with Crippen molar-refractivity contribution in [3.05, 3.63) is 81.8 Å². The van der Waals surface area contributed by atoms with Gasteiger partial charge in [0.15, 0.2) is 0 Å². The third kappa shape index (κ3) is 2.95. The van der Waals surface area contributed by atoms with Gasteiger partial charge >= 0.3 is 5.97 Å². The van der Waals surface area contributed by atoms with Crippen LogP contribution < -0.4 is 0 Å². The van der Waals surface area contributed by atoms with E-state index in [0.717, 1.165) is 26.4 Å². The summed E-state index contributed by atoms with van der Waals surface area (Å²) in [5.41, 5.74) is 2.26. The fourth-order valence-electron chi connectivity index (χ4n) is 2.39. The Balaban J connectivity index is 2.01. The van der Waals surface area contributed by atoms with Gasteiger partial charge in [-0.1, -0.05) is 70.5 Å². The first kappa shape index (κ1) is 14.5. The van der Waals surface area contributed by atoms with Gasteiger partial charge in [-0.2, -0.15) is 0 Å². The number of hydrogen-bond donors (Lipinski definition) is 1. The maximum Gasteiger partial charge on any atom is 0.335 e. The van der Waals surface area contributed by atoms with Gasteiger partial charge in [0.05, 0.1) is 5.56 Å². The van der Waals surface area contributed by atoms with Crippen LogP contribution in [0, 0.1) is 0 Å². The molecule has 0 saturated heterocycles. The molecule has 0 unspecified atom stereocenters. The number of hydrogen-bond acceptors (Lipinski definition) is 1. The van der Waals surface area contributed by atoms with Crippen molar-refractivity contribution in [3.63, 3.8) is 0 Å². The first-order valence-corrected chi connectivity index (χ1v) is 7.63. The molecule has 0 heterocycles. The molecular weight excluding hydrogens is 340 g/mol. The van der Waals surface area contributed by atoms with Crippen LogP contribution in [0.4, 0.5) is 0 Å². The molecule has 0 amide bonds. The van der Waals surface area contributed by atoms with Crippen LogP contribution in [0.3, 0.4) is 0 Å². The molecule has 108 valence electrons. The molecule has 0 spiro atoms. The largest absolute Gasteiger partial charge is 0.478 e. The minimum absolute atomic E-state index is 0.294. The smallest absolute Gasteiger partial charge is 0.335 e. The second kappa shape index (κ2) is 6.16. The predicted molar refractivity (Wildman–Crippen MR) is 94.0 cm³/mol. The first-order chi connectivity index (χ1) is 10.6. The lowest BCUT2D eigenvalue weighted by molar-refractivity contribution is 0.0697. The Kier molecular flexibility index (Phi) is 4.07. The summed E-state index contributed by atoms with van der Waals surface area (Å²) in [4.78, 5) is 11.0. The Morgan fingerprint density at radius 1 is 0.909 bits per heavy atom. The minimum Gasteiger partial charge on any atom is -0.478 e. The lowest BCUT2D eigenvalue weighted by atomic mass is 10.0. The van der Waals surface area contributed by atoms with Crippen molar-refractivity contribution >= 4 is 44.8 Å². The molecule has 0 aliphatic rings. The van der Waals surface area contributed by atoms with Gasteiger partial charge in [0.2, 0.25) is 0 Å². The van der Waals surface area contributed by atoms with E-state index in [1.54, 1.807) is 18.2 Å². The summed E-state index contributed by atoms with van der Waals surface area (Å²) in [7, 11) is 0. The number of benzene rings is 3. The molecule has 1 N–H and O–H groups in total. The standard InChI is InChI=1S/C19H13BrO2/c20-18-11-10-14(16-6-1-2-7-17(16)18)9-8-13-4-3-5-15(12-13)19(21)22/h1-12H,(H,21,22). The zero-order chi connectivity index (χ0) is 15.5. The molecular formula is C19H13BrO2. The molecule has 0 atom stereocenters. The molecule has 3 heteroatoms. The van der Waals surface area contributed by atoms with E-state index in [1.807, 2.05) is 42.5 Å². The second-order valence-corrected chi connectivity index (χ2v) is 5.80. The van der Waals surface area contributed by atoms with Gasteiger partial charge in [0.1, 0.15) is 0 Å². The SMILES string of the molecule is O=C(O)c1cccc(C=Cc2ccc(Br)c3ccccc23)c1. The van der Waals surface area contributed by atoms with Gasteiger partial charge < -0.3 is 5.11 Å². The van der Waals surface area contributed by atoms with Gasteiger partial charge in [-0.25, -0.2) is 4.79 Å². The van der Waals surface area contributed by atoms with Crippen molar-refractivity contribution in [3.8, 4) is 0 Å². The van der Waals surface area contributed by atoms with Gasteiger partial charge in [-0.15, -0.1) is 0 Å². The van der Waals surface area contributed by atoms with E-state index in [0.29, 0.717) is 5.56 Å². The second-order valence-electron chi connectivity index (χ2n) is 4.95. The lowest BCUT2D eigenvalue weighted by Gasteiger charge is -2.04. The molecule has 0 aliphatic heterocycles. The van der Waals surface area contributed by atoms with Gasteiger partial charge in [-0.3, -0.25) is 0 Å². The minimum atomic E-state index is -0.913. The molecule has 2 nitrogen and oxygen atoms in total. The Bertz CT molecular complexity index is 881. The van der Waals surface area contributed by atoms with Gasteiger partial charge in [0, 0.05) is 4.47 Å². The van der Waals surface area contributed by atoms with Crippen LogP contribution in [0.5, 0.6) is 0 Å². The number of carbonyl (C=O) groups is 1. The van der Waals surface area contributed by atoms with Crippen molar-refractivity contribution in [2.75, 3.05) is 0 Å². The Morgan fingerprint density at radius 3 is 2.45 bits per heavy atom. The monoisotopic (exact) mass is 352 g/mol. The van der Waals surface area contributed by atoms with Crippen LogP contribution >= 0.6 is 15.9 Å². The topological polar surface area (TPSA) is 37.3 Å². The van der Waals surface area contributed by atoms with E-state index < -0.39 is 5.97 Å². The molecule has 0 fully saturated rings. The average molecular weight is 353 g/mol. The molecule has 0 saturated carbocycles. The van der Waals surface area contributed by atoms with Crippen LogP contribution in [0.1, 0.15) is 21.5 Å². The van der Waals surface area contributed by atoms with Crippen LogP contribution in [0.25, 0.3) is 22.9 Å². The number of rotatable bonds is 3. The van der Waals surface area contributed by atoms with Crippen LogP contribution in [0.2, 0.25) is 0 Å². The van der Waals surface area contributed by atoms with E-state index in [1.165, 1.54) is 0 Å². The maximum atomic E-state index is 11.0. The molecule has 3 aromatic rings. The summed E-state index contributed by atoms with van der Waals surface area (Å²) in [6.07, 6.45) is 3.94. The van der Waals surface area contributed by atoms with Crippen LogP contribution in [-0.4, -0.2) is 11.1 Å². The van der Waals surface area contributed by atoms with Crippen molar-refractivity contribution in [1.29, 1.82) is 0 Å². The average Bonchev–Trinajstić information content (AvgIpc) is 2.55. The highest BCUT2D eigenvalue weighted by Gasteiger charge is 2.03. The molecule has 3 aromatic carbocycles. The van der Waals surface area contributed by atoms with Crippen LogP contribution in [0.15, 0.2) is 65.1 Å². The molecule has 22 heavy (non-hydrogen) atoms. The quantitative estimate of drug-likeness (QED) is 0.634. The number of halogens is 1. The van der Waals surface area contributed by atoms with E-state index in [2.05, 4.69) is 28.1 Å². The molecule has 0 bridgehead atoms. The summed E-state index contributed by atoms with van der Waals surface area (Å²) in [6, 6.07) is 19.1. The van der Waals surface area contributed by atoms with E-state index in [4.69, 9.17) is 5.11 Å². The fraction of sp³-hybridized carbons (Fsp3) is 0. The van der Waals surface area contributed by atoms with Crippen molar-refractivity contribution in [2.24, 2.45) is 0 Å². The van der Waals surface area contributed by atoms with Crippen molar-refractivity contribution < 1.29 is 9.90 Å². The van der Waals surface area contributed by atoms with E-state index >= 15 is 0 Å². The van der Waals surface area contributed by atoms with E-state index in [-0.39, 0.29) is 0 Å². The van der Waals surface area contributed by atoms with Gasteiger partial charge in [0.25, 0.3) is 0 Å². The number of fused-ring (bicyclic) bond motifs is 1. The molecule has 0 aliphatic carbocycles. The van der Waals surface area contributed by atoms with Gasteiger partial charge in [-0.05, 0) is 40.1 Å². The first-order valence-electron chi connectivity index (χ1n) is 6.84. The summed E-state index contributed by atoms with van der Waals surface area (Å²) in [6.45, 7) is 0. The number of carboxylic acid groups (broad SMARTS) is 1. The number of carboxylic acids is 1. The summed E-state index contributed by atoms with van der Waals surface area (Å²) < 4.78 is 1.06. The molecule has 0 radical (unpaired) electrons. The highest BCUT2D eigenvalue weighted by molar-refractivity contribution is 9.10. The maximum absolute atomic E-state index is 11.0. The fourth-order valence-corrected chi connectivity index (χ4v) is 2.87. The molecule has 0 aromatic heterocycles. The highest BCUT2D eigenvalue weighted by atomic mass is 79.9.